The lowest BCUT2D eigenvalue weighted by atomic mass is 9.84. The summed E-state index contributed by atoms with van der Waals surface area (Å²) in [6.45, 7) is 11.8. The number of hydrogen-bond donors (Lipinski definition) is 4. The van der Waals surface area contributed by atoms with Crippen LogP contribution in [0.1, 0.15) is 40.5 Å². The summed E-state index contributed by atoms with van der Waals surface area (Å²) in [5.74, 6) is 0.767. The first kappa shape index (κ1) is 20.7. The van der Waals surface area contributed by atoms with E-state index in [1.807, 2.05) is 27.7 Å². The number of aliphatic hydroxyl groups is 1. The van der Waals surface area contributed by atoms with Crippen molar-refractivity contribution in [3.63, 3.8) is 0 Å². The Kier molecular flexibility index (Phi) is 8.48. The molecule has 4 N–H and O–H groups in total. The minimum Gasteiger partial charge on any atom is -0.396 e. The topological polar surface area (TPSA) is 95.0 Å². The highest BCUT2D eigenvalue weighted by atomic mass is 16.5. The number of amides is 1. The van der Waals surface area contributed by atoms with E-state index in [-0.39, 0.29) is 23.3 Å². The van der Waals surface area contributed by atoms with Gasteiger partial charge in [-0.15, -0.1) is 0 Å². The van der Waals surface area contributed by atoms with Crippen LogP contribution >= 0.6 is 0 Å². The van der Waals surface area contributed by atoms with Crippen LogP contribution < -0.4 is 16.0 Å². The number of carbonyl (C=O) groups excluding carboxylic acids is 1. The minimum atomic E-state index is -0.377. The summed E-state index contributed by atoms with van der Waals surface area (Å²) in [5, 5.41) is 18.6. The minimum absolute atomic E-state index is 0.0382. The normalized spacial score (nSPS) is 21.6. The number of rotatable bonds is 8. The average Bonchev–Trinajstić information content (AvgIpc) is 2.97. The molecule has 24 heavy (non-hydrogen) atoms. The van der Waals surface area contributed by atoms with Crippen LogP contribution in [-0.2, 0) is 9.53 Å². The Labute approximate surface area is 145 Å². The third-order valence-corrected chi connectivity index (χ3v) is 4.13. The zero-order valence-electron chi connectivity index (χ0n) is 15.6. The lowest BCUT2D eigenvalue weighted by Crippen LogP contribution is -2.44. The molecule has 0 bridgehead atoms. The second-order valence-corrected chi connectivity index (χ2v) is 7.40. The van der Waals surface area contributed by atoms with Crippen molar-refractivity contribution in [3.05, 3.63) is 0 Å². The van der Waals surface area contributed by atoms with E-state index >= 15 is 0 Å². The van der Waals surface area contributed by atoms with Crippen molar-refractivity contribution in [1.82, 2.24) is 16.0 Å². The zero-order valence-corrected chi connectivity index (χ0v) is 15.6. The van der Waals surface area contributed by atoms with Gasteiger partial charge < -0.3 is 25.8 Å². The van der Waals surface area contributed by atoms with Crippen molar-refractivity contribution < 1.29 is 14.6 Å². The highest BCUT2D eigenvalue weighted by Crippen LogP contribution is 2.32. The van der Waals surface area contributed by atoms with Crippen molar-refractivity contribution in [2.75, 3.05) is 46.0 Å². The maximum atomic E-state index is 11.8. The van der Waals surface area contributed by atoms with Gasteiger partial charge in [0.05, 0.1) is 13.2 Å². The van der Waals surface area contributed by atoms with Crippen LogP contribution in [0.2, 0.25) is 0 Å². The molecule has 1 unspecified atom stereocenters. The molecule has 0 aromatic heterocycles. The van der Waals surface area contributed by atoms with E-state index in [9.17, 15) is 9.90 Å². The molecule has 140 valence electrons. The molecule has 0 saturated carbocycles. The summed E-state index contributed by atoms with van der Waals surface area (Å²) < 4.78 is 5.49. The number of aliphatic hydroxyl groups excluding tert-OH is 1. The molecule has 1 atom stereocenters. The number of nitrogens with zero attached hydrogens (tertiary/aromatic N) is 1. The molecule has 1 rings (SSSR count). The van der Waals surface area contributed by atoms with Crippen LogP contribution in [0, 0.1) is 10.8 Å². The predicted octanol–water partition coefficient (Wildman–Crippen LogP) is 0.493. The Hall–Kier alpha value is -1.34. The molecule has 7 heteroatoms. The molecule has 0 aromatic carbocycles. The quantitative estimate of drug-likeness (QED) is 0.293. The largest absolute Gasteiger partial charge is 0.396 e. The first-order valence-corrected chi connectivity index (χ1v) is 8.82. The van der Waals surface area contributed by atoms with E-state index in [2.05, 4.69) is 20.9 Å². The van der Waals surface area contributed by atoms with E-state index in [1.165, 1.54) is 0 Å². The van der Waals surface area contributed by atoms with Gasteiger partial charge in [-0.3, -0.25) is 9.79 Å². The predicted molar refractivity (Wildman–Crippen MR) is 96.0 cm³/mol. The van der Waals surface area contributed by atoms with Crippen LogP contribution in [0.25, 0.3) is 0 Å². The SMILES string of the molecule is CCNC(=NCC1(CCO)CCOC1)NCCNC(=O)C(C)(C)C. The van der Waals surface area contributed by atoms with Gasteiger partial charge in [-0.1, -0.05) is 20.8 Å². The van der Waals surface area contributed by atoms with E-state index in [0.717, 1.165) is 25.5 Å². The van der Waals surface area contributed by atoms with Crippen molar-refractivity contribution in [2.24, 2.45) is 15.8 Å². The molecule has 7 nitrogen and oxygen atoms in total. The molecule has 0 aromatic rings. The fourth-order valence-electron chi connectivity index (χ4n) is 2.50. The van der Waals surface area contributed by atoms with Crippen LogP contribution in [0.5, 0.6) is 0 Å². The third-order valence-electron chi connectivity index (χ3n) is 4.13. The van der Waals surface area contributed by atoms with Gasteiger partial charge in [0.1, 0.15) is 0 Å². The lowest BCUT2D eigenvalue weighted by Gasteiger charge is -2.25. The zero-order chi connectivity index (χ0) is 18.1. The van der Waals surface area contributed by atoms with Crippen molar-refractivity contribution >= 4 is 11.9 Å². The summed E-state index contributed by atoms with van der Waals surface area (Å²) in [7, 11) is 0. The van der Waals surface area contributed by atoms with Gasteiger partial charge in [-0.25, -0.2) is 0 Å². The molecule has 1 amide bonds. The van der Waals surface area contributed by atoms with Crippen molar-refractivity contribution in [2.45, 2.75) is 40.5 Å². The first-order valence-electron chi connectivity index (χ1n) is 8.82. The maximum Gasteiger partial charge on any atom is 0.225 e. The van der Waals surface area contributed by atoms with Gasteiger partial charge in [0.25, 0.3) is 0 Å². The molecule has 1 aliphatic heterocycles. The Morgan fingerprint density at radius 1 is 1.25 bits per heavy atom. The molecule has 1 heterocycles. The van der Waals surface area contributed by atoms with Crippen LogP contribution in [0.15, 0.2) is 4.99 Å². The fraction of sp³-hybridized carbons (Fsp3) is 0.882. The molecule has 0 radical (unpaired) electrons. The third kappa shape index (κ3) is 7.05. The fourth-order valence-corrected chi connectivity index (χ4v) is 2.50. The number of guanidine groups is 1. The molecular formula is C17H34N4O3. The van der Waals surface area contributed by atoms with Gasteiger partial charge >= 0.3 is 0 Å². The smallest absolute Gasteiger partial charge is 0.225 e. The van der Waals surface area contributed by atoms with Gasteiger partial charge in [0.2, 0.25) is 5.91 Å². The summed E-state index contributed by atoms with van der Waals surface area (Å²) in [5.41, 5.74) is -0.435. The highest BCUT2D eigenvalue weighted by molar-refractivity contribution is 5.81. The number of carbonyl (C=O) groups is 1. The summed E-state index contributed by atoms with van der Waals surface area (Å²) >= 11 is 0. The van der Waals surface area contributed by atoms with Gasteiger partial charge in [-0.2, -0.15) is 0 Å². The monoisotopic (exact) mass is 342 g/mol. The van der Waals surface area contributed by atoms with Crippen molar-refractivity contribution in [3.8, 4) is 0 Å². The second kappa shape index (κ2) is 9.84. The Balaban J connectivity index is 2.46. The molecular weight excluding hydrogens is 308 g/mol. The van der Waals surface area contributed by atoms with Gasteiger partial charge in [0.15, 0.2) is 5.96 Å². The summed E-state index contributed by atoms with van der Waals surface area (Å²) in [4.78, 5) is 16.5. The Bertz CT molecular complexity index is 413. The highest BCUT2D eigenvalue weighted by Gasteiger charge is 2.34. The molecule has 0 spiro atoms. The van der Waals surface area contributed by atoms with Gasteiger partial charge in [-0.05, 0) is 19.8 Å². The maximum absolute atomic E-state index is 11.8. The van der Waals surface area contributed by atoms with E-state index < -0.39 is 0 Å². The summed E-state index contributed by atoms with van der Waals surface area (Å²) in [6.07, 6.45) is 1.63. The lowest BCUT2D eigenvalue weighted by molar-refractivity contribution is -0.128. The molecule has 1 aliphatic rings. The number of ether oxygens (including phenoxy) is 1. The second-order valence-electron chi connectivity index (χ2n) is 7.40. The number of aliphatic imine (C=N–C) groups is 1. The van der Waals surface area contributed by atoms with Crippen LogP contribution in [-0.4, -0.2) is 63.0 Å². The van der Waals surface area contributed by atoms with Crippen molar-refractivity contribution in [1.29, 1.82) is 0 Å². The van der Waals surface area contributed by atoms with Crippen LogP contribution in [0.4, 0.5) is 0 Å². The van der Waals surface area contributed by atoms with Gasteiger partial charge in [0, 0.05) is 43.7 Å². The molecule has 1 fully saturated rings. The number of hydrogen-bond acceptors (Lipinski definition) is 4. The first-order chi connectivity index (χ1) is 11.3. The van der Waals surface area contributed by atoms with E-state index in [4.69, 9.17) is 4.74 Å². The Morgan fingerprint density at radius 2 is 1.96 bits per heavy atom. The molecule has 0 aliphatic carbocycles. The van der Waals surface area contributed by atoms with E-state index in [1.54, 1.807) is 0 Å². The summed E-state index contributed by atoms with van der Waals surface area (Å²) in [6, 6.07) is 0. The Morgan fingerprint density at radius 3 is 2.50 bits per heavy atom. The van der Waals surface area contributed by atoms with E-state index in [0.29, 0.717) is 32.7 Å². The van der Waals surface area contributed by atoms with Crippen LogP contribution in [0.3, 0.4) is 0 Å². The molecule has 1 saturated heterocycles. The average molecular weight is 342 g/mol. The standard InChI is InChI=1S/C17H34N4O3/c1-5-18-15(20-9-8-19-14(23)16(2,3)4)21-12-17(6-10-22)7-11-24-13-17/h22H,5-13H2,1-4H3,(H,19,23)(H2,18,20,21). The number of nitrogens with one attached hydrogen (secondary N) is 3.